The molecular formula is C13H10N3O2. The summed E-state index contributed by atoms with van der Waals surface area (Å²) in [6.07, 6.45) is 3.13. The number of imide groups is 1. The highest BCUT2D eigenvalue weighted by molar-refractivity contribution is 6.11. The monoisotopic (exact) mass is 240 g/mol. The van der Waals surface area contributed by atoms with Gasteiger partial charge in [-0.3, -0.25) is 10.1 Å². The zero-order chi connectivity index (χ0) is 12.8. The molecule has 0 atom stereocenters. The van der Waals surface area contributed by atoms with Gasteiger partial charge < -0.3 is 0 Å². The predicted octanol–water partition coefficient (Wildman–Crippen LogP) is 2.19. The zero-order valence-electron chi connectivity index (χ0n) is 9.41. The van der Waals surface area contributed by atoms with Crippen molar-refractivity contribution in [1.29, 1.82) is 0 Å². The van der Waals surface area contributed by atoms with Gasteiger partial charge in [0.2, 0.25) is 0 Å². The van der Waals surface area contributed by atoms with Crippen molar-refractivity contribution in [2.45, 2.75) is 0 Å². The molecule has 0 bridgehead atoms. The molecule has 3 amide bonds. The molecule has 0 aliphatic rings. The minimum atomic E-state index is -0.602. The van der Waals surface area contributed by atoms with Crippen molar-refractivity contribution in [1.82, 2.24) is 4.98 Å². The standard InChI is InChI=1S/C13H10N3O2/c17-10-16(11-6-2-1-3-7-11)13(18)15-12-8-4-5-9-14-12/h1-9H,(H,14,15,18). The molecule has 0 saturated heterocycles. The molecule has 5 nitrogen and oxygen atoms in total. The minimum Gasteiger partial charge on any atom is -0.292 e. The first-order chi connectivity index (χ1) is 8.81. The Morgan fingerprint density at radius 2 is 1.83 bits per heavy atom. The summed E-state index contributed by atoms with van der Waals surface area (Å²) < 4.78 is 0. The summed E-state index contributed by atoms with van der Waals surface area (Å²) in [5.74, 6) is 0.374. The molecule has 0 unspecified atom stereocenters. The number of hydrogen-bond donors (Lipinski definition) is 1. The second-order valence-corrected chi connectivity index (χ2v) is 3.41. The van der Waals surface area contributed by atoms with E-state index in [1.54, 1.807) is 61.1 Å². The Hall–Kier alpha value is -2.69. The molecule has 0 saturated carbocycles. The maximum absolute atomic E-state index is 11.9. The van der Waals surface area contributed by atoms with Crippen molar-refractivity contribution in [3.63, 3.8) is 0 Å². The third-order valence-electron chi connectivity index (χ3n) is 2.21. The molecule has 0 spiro atoms. The number of aromatic nitrogens is 1. The van der Waals surface area contributed by atoms with Gasteiger partial charge in [-0.25, -0.2) is 14.7 Å². The Morgan fingerprint density at radius 3 is 2.44 bits per heavy atom. The first-order valence-electron chi connectivity index (χ1n) is 5.26. The van der Waals surface area contributed by atoms with Gasteiger partial charge in [0.25, 0.3) is 0 Å². The summed E-state index contributed by atoms with van der Waals surface area (Å²) in [6, 6.07) is 13.0. The number of anilines is 2. The van der Waals surface area contributed by atoms with E-state index in [9.17, 15) is 9.59 Å². The number of nitrogens with one attached hydrogen (secondary N) is 1. The fourth-order valence-electron chi connectivity index (χ4n) is 1.39. The van der Waals surface area contributed by atoms with Gasteiger partial charge in [-0.15, -0.1) is 0 Å². The highest BCUT2D eigenvalue weighted by Gasteiger charge is 2.15. The molecule has 0 aliphatic carbocycles. The molecule has 2 aromatic rings. The van der Waals surface area contributed by atoms with Crippen LogP contribution < -0.4 is 10.2 Å². The van der Waals surface area contributed by atoms with Gasteiger partial charge in [0.1, 0.15) is 5.82 Å². The second-order valence-electron chi connectivity index (χ2n) is 3.41. The minimum absolute atomic E-state index is 0.374. The summed E-state index contributed by atoms with van der Waals surface area (Å²) in [5, 5.41) is 2.50. The number of hydrogen-bond acceptors (Lipinski definition) is 3. The fraction of sp³-hybridized carbons (Fsp3) is 0. The van der Waals surface area contributed by atoms with Gasteiger partial charge >= 0.3 is 12.4 Å². The lowest BCUT2D eigenvalue weighted by molar-refractivity contribution is 0.259. The highest BCUT2D eigenvalue weighted by Crippen LogP contribution is 2.12. The number of para-hydroxylation sites is 1. The van der Waals surface area contributed by atoms with Gasteiger partial charge in [-0.05, 0) is 24.3 Å². The van der Waals surface area contributed by atoms with Crippen molar-refractivity contribution in [3.8, 4) is 0 Å². The Balaban J connectivity index is 2.14. The van der Waals surface area contributed by atoms with Crippen LogP contribution in [0.5, 0.6) is 0 Å². The van der Waals surface area contributed by atoms with Gasteiger partial charge in [-0.1, -0.05) is 24.3 Å². The molecule has 1 aromatic carbocycles. The summed E-state index contributed by atoms with van der Waals surface area (Å²) in [7, 11) is 0. The molecule has 1 N–H and O–H groups in total. The van der Waals surface area contributed by atoms with E-state index >= 15 is 0 Å². The van der Waals surface area contributed by atoms with E-state index in [2.05, 4.69) is 10.3 Å². The number of amides is 3. The summed E-state index contributed by atoms with van der Waals surface area (Å²) in [5.41, 5.74) is 0.445. The third kappa shape index (κ3) is 2.70. The van der Waals surface area contributed by atoms with Gasteiger partial charge in [0, 0.05) is 6.20 Å². The number of nitrogens with zero attached hydrogens (tertiary/aromatic N) is 2. The largest absolute Gasteiger partial charge is 0.334 e. The van der Waals surface area contributed by atoms with Crippen molar-refractivity contribution >= 4 is 23.9 Å². The lowest BCUT2D eigenvalue weighted by Crippen LogP contribution is -2.33. The quantitative estimate of drug-likeness (QED) is 0.836. The lowest BCUT2D eigenvalue weighted by atomic mass is 10.3. The number of pyridine rings is 1. The van der Waals surface area contributed by atoms with Crippen molar-refractivity contribution < 1.29 is 9.59 Å². The SMILES string of the molecule is O=[C]N(C(=O)Nc1ccccn1)c1ccccc1. The van der Waals surface area contributed by atoms with Crippen LogP contribution >= 0.6 is 0 Å². The van der Waals surface area contributed by atoms with E-state index in [1.807, 2.05) is 0 Å². The van der Waals surface area contributed by atoms with Crippen LogP contribution in [-0.2, 0) is 4.79 Å². The van der Waals surface area contributed by atoms with Crippen molar-refractivity contribution in [2.75, 3.05) is 10.2 Å². The predicted molar refractivity (Wildman–Crippen MR) is 67.9 cm³/mol. The molecule has 1 aromatic heterocycles. The Kier molecular flexibility index (Phi) is 3.66. The van der Waals surface area contributed by atoms with Crippen LogP contribution in [0.3, 0.4) is 0 Å². The van der Waals surface area contributed by atoms with Crippen LogP contribution in [-0.4, -0.2) is 17.4 Å². The van der Waals surface area contributed by atoms with Gasteiger partial charge in [-0.2, -0.15) is 0 Å². The molecule has 0 aliphatic heterocycles. The van der Waals surface area contributed by atoms with E-state index in [0.717, 1.165) is 4.90 Å². The molecule has 1 heterocycles. The molecule has 1 radical (unpaired) electrons. The smallest absolute Gasteiger partial charge is 0.292 e. The average Bonchev–Trinajstić information content (AvgIpc) is 2.42. The molecular weight excluding hydrogens is 230 g/mol. The first-order valence-corrected chi connectivity index (χ1v) is 5.26. The number of rotatable bonds is 3. The summed E-state index contributed by atoms with van der Waals surface area (Å²) in [4.78, 5) is 27.5. The van der Waals surface area contributed by atoms with Crippen molar-refractivity contribution in [2.24, 2.45) is 0 Å². The van der Waals surface area contributed by atoms with Gasteiger partial charge in [0.15, 0.2) is 0 Å². The molecule has 89 valence electrons. The maximum Gasteiger partial charge on any atom is 0.334 e. The number of urea groups is 1. The maximum atomic E-state index is 11.9. The van der Waals surface area contributed by atoms with Crippen LogP contribution in [0.2, 0.25) is 0 Å². The van der Waals surface area contributed by atoms with Crippen LogP contribution in [0, 0.1) is 0 Å². The summed E-state index contributed by atoms with van der Waals surface area (Å²) in [6.45, 7) is 0. The van der Waals surface area contributed by atoms with Crippen LogP contribution in [0.15, 0.2) is 54.7 Å². The Morgan fingerprint density at radius 1 is 1.11 bits per heavy atom. The first kappa shape index (κ1) is 11.8. The van der Waals surface area contributed by atoms with E-state index in [0.29, 0.717) is 11.5 Å². The Bertz CT molecular complexity index is 528. The van der Waals surface area contributed by atoms with Crippen LogP contribution in [0.1, 0.15) is 0 Å². The molecule has 5 heteroatoms. The topological polar surface area (TPSA) is 62.3 Å². The van der Waals surface area contributed by atoms with E-state index in [-0.39, 0.29) is 0 Å². The van der Waals surface area contributed by atoms with Gasteiger partial charge in [0.05, 0.1) is 5.69 Å². The number of benzene rings is 1. The fourth-order valence-corrected chi connectivity index (χ4v) is 1.39. The zero-order valence-corrected chi connectivity index (χ0v) is 9.41. The molecule has 0 fully saturated rings. The number of carbonyl (C=O) groups is 1. The normalized spacial score (nSPS) is 9.56. The van der Waals surface area contributed by atoms with Crippen molar-refractivity contribution in [3.05, 3.63) is 54.7 Å². The lowest BCUT2D eigenvalue weighted by Gasteiger charge is -2.14. The Labute approximate surface area is 104 Å². The number of carbonyl (C=O) groups excluding carboxylic acids is 2. The average molecular weight is 240 g/mol. The second kappa shape index (κ2) is 5.58. The molecule has 2 rings (SSSR count). The van der Waals surface area contributed by atoms with E-state index < -0.39 is 6.03 Å². The third-order valence-corrected chi connectivity index (χ3v) is 2.21. The van der Waals surface area contributed by atoms with E-state index in [4.69, 9.17) is 0 Å². The van der Waals surface area contributed by atoms with Crippen LogP contribution in [0.25, 0.3) is 0 Å². The summed E-state index contributed by atoms with van der Waals surface area (Å²) >= 11 is 0. The van der Waals surface area contributed by atoms with E-state index in [1.165, 1.54) is 0 Å². The van der Waals surface area contributed by atoms with Crippen LogP contribution in [0.4, 0.5) is 16.3 Å². The highest BCUT2D eigenvalue weighted by atomic mass is 16.2. The molecule has 18 heavy (non-hydrogen) atoms.